The molecule has 1 aromatic carbocycles. The van der Waals surface area contributed by atoms with Crippen molar-refractivity contribution >= 4 is 22.7 Å². The van der Waals surface area contributed by atoms with Gasteiger partial charge in [0.1, 0.15) is 5.82 Å². The van der Waals surface area contributed by atoms with Crippen molar-refractivity contribution in [1.82, 2.24) is 4.98 Å². The second-order valence-corrected chi connectivity index (χ2v) is 6.56. The molecular weight excluding hydrogens is 320 g/mol. The Morgan fingerprint density at radius 1 is 1.32 bits per heavy atom. The lowest BCUT2D eigenvalue weighted by Gasteiger charge is -2.32. The number of carbonyl (C=O) groups is 1. The van der Waals surface area contributed by atoms with Crippen LogP contribution < -0.4 is 14.4 Å². The minimum absolute atomic E-state index is 0.0803. The van der Waals surface area contributed by atoms with E-state index in [1.807, 2.05) is 19.1 Å². The molecule has 3 heterocycles. The number of fused-ring (bicyclic) bond motifs is 2. The topological polar surface area (TPSA) is 60.9 Å². The Kier molecular flexibility index (Phi) is 4.11. The van der Waals surface area contributed by atoms with Crippen molar-refractivity contribution in [3.8, 4) is 11.5 Å². The van der Waals surface area contributed by atoms with Gasteiger partial charge in [-0.15, -0.1) is 0 Å². The smallest absolute Gasteiger partial charge is 0.310 e. The van der Waals surface area contributed by atoms with E-state index in [0.717, 1.165) is 53.2 Å². The second kappa shape index (κ2) is 6.43. The number of benzene rings is 1. The van der Waals surface area contributed by atoms with Gasteiger partial charge in [-0.05, 0) is 44.4 Å². The fourth-order valence-electron chi connectivity index (χ4n) is 3.57. The van der Waals surface area contributed by atoms with Gasteiger partial charge >= 0.3 is 5.97 Å². The van der Waals surface area contributed by atoms with Crippen LogP contribution in [0.1, 0.15) is 25.3 Å². The summed E-state index contributed by atoms with van der Waals surface area (Å²) in [4.78, 5) is 19.1. The predicted molar refractivity (Wildman–Crippen MR) is 94.2 cm³/mol. The lowest BCUT2D eigenvalue weighted by Crippen LogP contribution is -2.39. The van der Waals surface area contributed by atoms with Gasteiger partial charge in [-0.25, -0.2) is 4.98 Å². The molecule has 4 rings (SSSR count). The van der Waals surface area contributed by atoms with E-state index in [0.29, 0.717) is 13.2 Å². The first-order valence-corrected chi connectivity index (χ1v) is 8.78. The molecule has 6 heteroatoms. The number of rotatable bonds is 3. The van der Waals surface area contributed by atoms with E-state index >= 15 is 0 Å². The molecule has 0 saturated carbocycles. The third-order valence-corrected chi connectivity index (χ3v) is 4.86. The van der Waals surface area contributed by atoms with Crippen molar-refractivity contribution in [1.29, 1.82) is 0 Å². The summed E-state index contributed by atoms with van der Waals surface area (Å²) in [5.74, 6) is 2.22. The summed E-state index contributed by atoms with van der Waals surface area (Å²) in [5, 5.41) is 1.06. The van der Waals surface area contributed by atoms with Gasteiger partial charge in [0.2, 0.25) is 6.79 Å². The third kappa shape index (κ3) is 2.97. The van der Waals surface area contributed by atoms with Crippen LogP contribution in [0.15, 0.2) is 18.2 Å². The molecule has 1 aromatic heterocycles. The van der Waals surface area contributed by atoms with Gasteiger partial charge in [0, 0.05) is 24.5 Å². The summed E-state index contributed by atoms with van der Waals surface area (Å²) in [6.45, 7) is 6.15. The molecule has 0 N–H and O–H groups in total. The van der Waals surface area contributed by atoms with Crippen molar-refractivity contribution in [3.63, 3.8) is 0 Å². The molecule has 2 aliphatic rings. The van der Waals surface area contributed by atoms with E-state index in [1.54, 1.807) is 0 Å². The molecule has 1 fully saturated rings. The van der Waals surface area contributed by atoms with Crippen molar-refractivity contribution < 1.29 is 19.0 Å². The van der Waals surface area contributed by atoms with E-state index in [9.17, 15) is 4.79 Å². The van der Waals surface area contributed by atoms with Crippen molar-refractivity contribution in [3.05, 3.63) is 23.8 Å². The molecule has 2 aromatic rings. The SMILES string of the molecule is CCOC(=O)[C@@H]1CCCN(c2cc(C)c3cc4c(cc3n2)OCO4)C1. The number of carbonyl (C=O) groups excluding carboxylic acids is 1. The first kappa shape index (κ1) is 16.0. The molecule has 0 radical (unpaired) electrons. The van der Waals surface area contributed by atoms with E-state index in [4.69, 9.17) is 19.2 Å². The fourth-order valence-corrected chi connectivity index (χ4v) is 3.57. The summed E-state index contributed by atoms with van der Waals surface area (Å²) >= 11 is 0. The first-order valence-electron chi connectivity index (χ1n) is 8.78. The quantitative estimate of drug-likeness (QED) is 0.799. The monoisotopic (exact) mass is 342 g/mol. The van der Waals surface area contributed by atoms with Crippen LogP contribution in [0.3, 0.4) is 0 Å². The Balaban J connectivity index is 1.64. The molecular formula is C19H22N2O4. The van der Waals surface area contributed by atoms with Gasteiger partial charge in [-0.3, -0.25) is 4.79 Å². The van der Waals surface area contributed by atoms with Crippen LogP contribution in [0, 0.1) is 12.8 Å². The van der Waals surface area contributed by atoms with Crippen molar-refractivity contribution in [2.45, 2.75) is 26.7 Å². The number of hydrogen-bond donors (Lipinski definition) is 0. The molecule has 0 spiro atoms. The highest BCUT2D eigenvalue weighted by molar-refractivity contribution is 5.87. The van der Waals surface area contributed by atoms with Crippen LogP contribution in [-0.4, -0.2) is 37.4 Å². The lowest BCUT2D eigenvalue weighted by atomic mass is 9.98. The number of esters is 1. The lowest BCUT2D eigenvalue weighted by molar-refractivity contribution is -0.148. The maximum atomic E-state index is 12.1. The third-order valence-electron chi connectivity index (χ3n) is 4.86. The number of piperidine rings is 1. The normalized spacial score (nSPS) is 19.3. The number of aromatic nitrogens is 1. The Morgan fingerprint density at radius 3 is 2.92 bits per heavy atom. The van der Waals surface area contributed by atoms with Crippen LogP contribution in [0.2, 0.25) is 0 Å². The maximum absolute atomic E-state index is 12.1. The van der Waals surface area contributed by atoms with Crippen LogP contribution >= 0.6 is 0 Å². The molecule has 0 bridgehead atoms. The van der Waals surface area contributed by atoms with Crippen LogP contribution in [-0.2, 0) is 9.53 Å². The highest BCUT2D eigenvalue weighted by atomic mass is 16.7. The molecule has 6 nitrogen and oxygen atoms in total. The van der Waals surface area contributed by atoms with Gasteiger partial charge < -0.3 is 19.1 Å². The minimum Gasteiger partial charge on any atom is -0.466 e. The van der Waals surface area contributed by atoms with Crippen LogP contribution in [0.5, 0.6) is 11.5 Å². The average molecular weight is 342 g/mol. The molecule has 1 saturated heterocycles. The Morgan fingerprint density at radius 2 is 2.12 bits per heavy atom. The Bertz CT molecular complexity index is 821. The largest absolute Gasteiger partial charge is 0.466 e. The average Bonchev–Trinajstić information content (AvgIpc) is 3.08. The molecule has 132 valence electrons. The molecule has 25 heavy (non-hydrogen) atoms. The van der Waals surface area contributed by atoms with Gasteiger partial charge in [0.05, 0.1) is 18.0 Å². The number of pyridine rings is 1. The van der Waals surface area contributed by atoms with E-state index < -0.39 is 0 Å². The Hall–Kier alpha value is -2.50. The summed E-state index contributed by atoms with van der Waals surface area (Å²) in [7, 11) is 0. The highest BCUT2D eigenvalue weighted by Crippen LogP contribution is 2.37. The van der Waals surface area contributed by atoms with E-state index in [1.165, 1.54) is 0 Å². The van der Waals surface area contributed by atoms with Gasteiger partial charge in [-0.1, -0.05) is 0 Å². The van der Waals surface area contributed by atoms with Crippen LogP contribution in [0.4, 0.5) is 5.82 Å². The zero-order valence-electron chi connectivity index (χ0n) is 14.6. The summed E-state index contributed by atoms with van der Waals surface area (Å²) in [6, 6.07) is 6.00. The predicted octanol–water partition coefficient (Wildman–Crippen LogP) is 3.05. The number of ether oxygens (including phenoxy) is 3. The Labute approximate surface area is 146 Å². The van der Waals surface area contributed by atoms with Crippen molar-refractivity contribution in [2.24, 2.45) is 5.92 Å². The molecule has 2 aliphatic heterocycles. The van der Waals surface area contributed by atoms with Gasteiger partial charge in [0.15, 0.2) is 11.5 Å². The first-order chi connectivity index (χ1) is 12.2. The number of aryl methyl sites for hydroxylation is 1. The van der Waals surface area contributed by atoms with E-state index in [-0.39, 0.29) is 18.7 Å². The number of anilines is 1. The molecule has 0 unspecified atom stereocenters. The van der Waals surface area contributed by atoms with Gasteiger partial charge in [0.25, 0.3) is 0 Å². The highest BCUT2D eigenvalue weighted by Gasteiger charge is 2.28. The zero-order valence-corrected chi connectivity index (χ0v) is 14.6. The summed E-state index contributed by atoms with van der Waals surface area (Å²) in [6.07, 6.45) is 1.84. The standard InChI is InChI=1S/C19H22N2O4/c1-3-23-19(22)13-5-4-6-21(10-13)18-7-12(2)14-8-16-17(25-11-24-16)9-15(14)20-18/h7-9,13H,3-6,10-11H2,1-2H3/t13-/m1/s1. The van der Waals surface area contributed by atoms with Gasteiger partial charge in [-0.2, -0.15) is 0 Å². The minimum atomic E-state index is -0.104. The zero-order chi connectivity index (χ0) is 17.4. The molecule has 0 amide bonds. The molecule has 0 aliphatic carbocycles. The summed E-state index contributed by atoms with van der Waals surface area (Å²) < 4.78 is 16.1. The van der Waals surface area contributed by atoms with Crippen molar-refractivity contribution in [2.75, 3.05) is 31.4 Å². The fraction of sp³-hybridized carbons (Fsp3) is 0.474. The maximum Gasteiger partial charge on any atom is 0.310 e. The number of hydrogen-bond acceptors (Lipinski definition) is 6. The second-order valence-electron chi connectivity index (χ2n) is 6.56. The van der Waals surface area contributed by atoms with E-state index in [2.05, 4.69) is 17.9 Å². The van der Waals surface area contributed by atoms with Crippen LogP contribution in [0.25, 0.3) is 10.9 Å². The number of nitrogens with zero attached hydrogens (tertiary/aromatic N) is 2. The summed E-state index contributed by atoms with van der Waals surface area (Å²) in [5.41, 5.74) is 2.02. The molecule has 1 atom stereocenters.